The Morgan fingerprint density at radius 1 is 0.500 bits per heavy atom. The molecule has 44 heavy (non-hydrogen) atoms. The second-order valence-corrected chi connectivity index (χ2v) is 12.0. The van der Waals surface area contributed by atoms with Crippen LogP contribution in [-0.2, 0) is 26.2 Å². The summed E-state index contributed by atoms with van der Waals surface area (Å²) in [6.45, 7) is 9.17. The average molecular weight is 595 g/mol. The maximum absolute atomic E-state index is 10.7. The lowest BCUT2D eigenvalue weighted by Gasteiger charge is -2.29. The van der Waals surface area contributed by atoms with Crippen molar-refractivity contribution < 1.29 is 10.2 Å². The summed E-state index contributed by atoms with van der Waals surface area (Å²) in [6, 6.07) is 37.2. The molecule has 0 aliphatic carbocycles. The highest BCUT2D eigenvalue weighted by Gasteiger charge is 2.21. The van der Waals surface area contributed by atoms with Gasteiger partial charge in [0.15, 0.2) is 0 Å². The van der Waals surface area contributed by atoms with E-state index >= 15 is 0 Å². The van der Waals surface area contributed by atoms with E-state index < -0.39 is 12.2 Å². The fourth-order valence-electron chi connectivity index (χ4n) is 5.37. The average Bonchev–Trinajstić information content (AvgIpc) is 3.07. The van der Waals surface area contributed by atoms with Crippen LogP contribution in [-0.4, -0.2) is 59.3 Å². The van der Waals surface area contributed by atoms with Crippen LogP contribution in [0.2, 0.25) is 0 Å². The minimum atomic E-state index is -0.514. The van der Waals surface area contributed by atoms with Gasteiger partial charge in [0.2, 0.25) is 0 Å². The van der Waals surface area contributed by atoms with Gasteiger partial charge >= 0.3 is 0 Å². The van der Waals surface area contributed by atoms with E-state index in [1.54, 1.807) is 0 Å². The van der Waals surface area contributed by atoms with Crippen LogP contribution in [0.25, 0.3) is 0 Å². The third kappa shape index (κ3) is 10.1. The van der Waals surface area contributed by atoms with E-state index in [9.17, 15) is 10.2 Å². The van der Waals surface area contributed by atoms with E-state index in [4.69, 9.17) is 0 Å². The topological polar surface area (TPSA) is 71.0 Å². The zero-order valence-electron chi connectivity index (χ0n) is 26.7. The predicted molar refractivity (Wildman–Crippen MR) is 181 cm³/mol. The Kier molecular flexibility index (Phi) is 13.1. The molecular weight excluding hydrogens is 544 g/mol. The molecule has 0 spiro atoms. The Morgan fingerprint density at radius 3 is 1.16 bits per heavy atom. The number of hydrogen-bond donors (Lipinski definition) is 4. The molecule has 4 atom stereocenters. The van der Waals surface area contributed by atoms with Crippen molar-refractivity contribution in [1.29, 1.82) is 0 Å². The monoisotopic (exact) mass is 594 g/mol. The van der Waals surface area contributed by atoms with Crippen LogP contribution >= 0.6 is 0 Å². The molecule has 0 aliphatic heterocycles. The molecular formula is C38H50N4O2. The number of hydrogen-bond acceptors (Lipinski definition) is 6. The van der Waals surface area contributed by atoms with Crippen LogP contribution < -0.4 is 10.6 Å². The SMILES string of the molecule is C[C@@H]([C@H](O)c1ccccc1)N(C)Cc1ccc(CNCCNCc2ccc(CN(C)[C@@H](C)[C@H](O)c3ccccc3)cc2)cc1. The van der Waals surface area contributed by atoms with Gasteiger partial charge in [-0.3, -0.25) is 9.80 Å². The van der Waals surface area contributed by atoms with Crippen molar-refractivity contribution in [1.82, 2.24) is 20.4 Å². The molecule has 4 N–H and O–H groups in total. The first-order valence-electron chi connectivity index (χ1n) is 15.8. The van der Waals surface area contributed by atoms with Gasteiger partial charge in [-0.25, -0.2) is 0 Å². The van der Waals surface area contributed by atoms with Crippen molar-refractivity contribution in [2.45, 2.75) is 64.3 Å². The van der Waals surface area contributed by atoms with E-state index in [0.717, 1.165) is 50.4 Å². The summed E-state index contributed by atoms with van der Waals surface area (Å²) in [6.07, 6.45) is -1.03. The smallest absolute Gasteiger partial charge is 0.0942 e. The van der Waals surface area contributed by atoms with E-state index in [2.05, 4.69) is 96.9 Å². The van der Waals surface area contributed by atoms with Gasteiger partial charge in [0.05, 0.1) is 12.2 Å². The summed E-state index contributed by atoms with van der Waals surface area (Å²) in [4.78, 5) is 4.39. The standard InChI is InChI=1S/C38H50N4O2/c1-29(37(43)35-11-7-5-8-12-35)41(3)27-33-19-15-31(16-20-33)25-39-23-24-40-26-32-17-21-34(22-18-32)28-42(4)30(2)38(44)36-13-9-6-10-14-36/h5-22,29-30,37-40,43-44H,23-28H2,1-4H3/t29-,30-,37-,38-/m0/s1. The summed E-state index contributed by atoms with van der Waals surface area (Å²) in [5.74, 6) is 0. The molecule has 0 bridgehead atoms. The maximum Gasteiger partial charge on any atom is 0.0942 e. The molecule has 4 rings (SSSR count). The van der Waals surface area contributed by atoms with Gasteiger partial charge < -0.3 is 20.8 Å². The zero-order valence-corrected chi connectivity index (χ0v) is 26.7. The largest absolute Gasteiger partial charge is 0.387 e. The van der Waals surface area contributed by atoms with Gasteiger partial charge in [-0.1, -0.05) is 109 Å². The molecule has 4 aromatic rings. The Bertz CT molecular complexity index is 1240. The summed E-state index contributed by atoms with van der Waals surface area (Å²) >= 11 is 0. The number of benzene rings is 4. The highest BCUT2D eigenvalue weighted by molar-refractivity contribution is 5.24. The third-order valence-corrected chi connectivity index (χ3v) is 8.63. The van der Waals surface area contributed by atoms with Crippen LogP contribution in [0.5, 0.6) is 0 Å². The van der Waals surface area contributed by atoms with Gasteiger partial charge in [-0.2, -0.15) is 0 Å². The molecule has 0 heterocycles. The Hall–Kier alpha value is -3.36. The molecule has 6 heteroatoms. The van der Waals surface area contributed by atoms with Gasteiger partial charge in [0.25, 0.3) is 0 Å². The molecule has 0 amide bonds. The highest BCUT2D eigenvalue weighted by Crippen LogP contribution is 2.22. The molecule has 0 aromatic heterocycles. The summed E-state index contributed by atoms with van der Waals surface area (Å²) in [7, 11) is 4.13. The minimum absolute atomic E-state index is 0.0138. The Balaban J connectivity index is 1.10. The highest BCUT2D eigenvalue weighted by atomic mass is 16.3. The van der Waals surface area contributed by atoms with E-state index in [1.807, 2.05) is 60.7 Å². The molecule has 0 fully saturated rings. The quantitative estimate of drug-likeness (QED) is 0.118. The minimum Gasteiger partial charge on any atom is -0.387 e. The first-order chi connectivity index (χ1) is 21.3. The van der Waals surface area contributed by atoms with Crippen LogP contribution in [0.15, 0.2) is 109 Å². The van der Waals surface area contributed by atoms with Crippen molar-refractivity contribution in [2.24, 2.45) is 0 Å². The van der Waals surface area contributed by atoms with Crippen molar-refractivity contribution in [3.8, 4) is 0 Å². The number of rotatable bonds is 17. The van der Waals surface area contributed by atoms with Gasteiger partial charge in [0, 0.05) is 51.4 Å². The van der Waals surface area contributed by atoms with Crippen LogP contribution in [0.1, 0.15) is 59.4 Å². The second kappa shape index (κ2) is 17.2. The van der Waals surface area contributed by atoms with E-state index in [-0.39, 0.29) is 12.1 Å². The van der Waals surface area contributed by atoms with Crippen molar-refractivity contribution in [3.63, 3.8) is 0 Å². The van der Waals surface area contributed by atoms with Crippen molar-refractivity contribution in [3.05, 3.63) is 143 Å². The number of nitrogens with one attached hydrogen (secondary N) is 2. The normalized spacial score (nSPS) is 14.5. The van der Waals surface area contributed by atoms with E-state index in [0.29, 0.717) is 0 Å². The number of aliphatic hydroxyl groups excluding tert-OH is 2. The Labute approximate surface area is 264 Å². The number of aliphatic hydroxyl groups is 2. The lowest BCUT2D eigenvalue weighted by molar-refractivity contribution is 0.0687. The molecule has 0 radical (unpaired) electrons. The lowest BCUT2D eigenvalue weighted by Crippen LogP contribution is -2.34. The molecule has 0 saturated heterocycles. The summed E-state index contributed by atoms with van der Waals surface area (Å²) in [5.41, 5.74) is 6.90. The van der Waals surface area contributed by atoms with Crippen molar-refractivity contribution in [2.75, 3.05) is 27.2 Å². The number of nitrogens with zero attached hydrogens (tertiary/aromatic N) is 2. The molecule has 0 aliphatic rings. The number of likely N-dealkylation sites (N-methyl/N-ethyl adjacent to an activating group) is 2. The first kappa shape index (κ1) is 33.5. The third-order valence-electron chi connectivity index (χ3n) is 8.63. The predicted octanol–water partition coefficient (Wildman–Crippen LogP) is 5.67. The molecule has 6 nitrogen and oxygen atoms in total. The van der Waals surface area contributed by atoms with Crippen LogP contribution in [0.3, 0.4) is 0 Å². The van der Waals surface area contributed by atoms with Gasteiger partial charge in [-0.05, 0) is 61.3 Å². The summed E-state index contributed by atoms with van der Waals surface area (Å²) in [5, 5.41) is 28.5. The van der Waals surface area contributed by atoms with Crippen LogP contribution in [0.4, 0.5) is 0 Å². The molecule has 234 valence electrons. The van der Waals surface area contributed by atoms with Gasteiger partial charge in [-0.15, -0.1) is 0 Å². The maximum atomic E-state index is 10.7. The fraction of sp³-hybridized carbons (Fsp3) is 0.368. The molecule has 0 saturated carbocycles. The van der Waals surface area contributed by atoms with E-state index in [1.165, 1.54) is 22.3 Å². The second-order valence-electron chi connectivity index (χ2n) is 12.0. The van der Waals surface area contributed by atoms with Crippen molar-refractivity contribution >= 4 is 0 Å². The zero-order chi connectivity index (χ0) is 31.3. The Morgan fingerprint density at radius 2 is 0.818 bits per heavy atom. The fourth-order valence-corrected chi connectivity index (χ4v) is 5.37. The molecule has 0 unspecified atom stereocenters. The van der Waals surface area contributed by atoms with Gasteiger partial charge in [0.1, 0.15) is 0 Å². The van der Waals surface area contributed by atoms with Crippen LogP contribution in [0, 0.1) is 0 Å². The lowest BCUT2D eigenvalue weighted by atomic mass is 10.0. The molecule has 4 aromatic carbocycles. The summed E-state index contributed by atoms with van der Waals surface area (Å²) < 4.78 is 0. The first-order valence-corrected chi connectivity index (χ1v) is 15.8.